The van der Waals surface area contributed by atoms with Gasteiger partial charge in [0, 0.05) is 26.4 Å². The van der Waals surface area contributed by atoms with Crippen molar-refractivity contribution in [3.63, 3.8) is 0 Å². The van der Waals surface area contributed by atoms with Crippen molar-refractivity contribution < 1.29 is 9.47 Å². The second kappa shape index (κ2) is 11.0. The zero-order chi connectivity index (χ0) is 10.6. The molecule has 85 valence electrons. The quantitative estimate of drug-likeness (QED) is 0.506. The molecule has 2 nitrogen and oxygen atoms in total. The largest absolute Gasteiger partial charge is 0.381 e. The Morgan fingerprint density at radius 3 is 2.07 bits per heavy atom. The van der Waals surface area contributed by atoms with E-state index in [0.717, 1.165) is 38.6 Å². The van der Waals surface area contributed by atoms with Crippen LogP contribution < -0.4 is 0 Å². The number of hydrogen-bond donors (Lipinski definition) is 0. The van der Waals surface area contributed by atoms with Crippen molar-refractivity contribution in [2.24, 2.45) is 5.92 Å². The molecule has 0 aromatic heterocycles. The molecular formula is C12H25O2. The number of unbranched alkanes of at least 4 members (excludes halogenated alkanes) is 1. The molecule has 0 aromatic carbocycles. The highest BCUT2D eigenvalue weighted by Crippen LogP contribution is 2.07. The van der Waals surface area contributed by atoms with Gasteiger partial charge in [0.15, 0.2) is 0 Å². The fraction of sp³-hybridized carbons (Fsp3) is 0.917. The minimum absolute atomic E-state index is 0.578. The molecule has 0 aliphatic carbocycles. The number of hydrogen-bond acceptors (Lipinski definition) is 2. The monoisotopic (exact) mass is 201 g/mol. The Morgan fingerprint density at radius 2 is 1.57 bits per heavy atom. The molecule has 0 saturated heterocycles. The topological polar surface area (TPSA) is 18.5 Å². The maximum atomic E-state index is 5.59. The predicted octanol–water partition coefficient (Wildman–Crippen LogP) is 3.07. The lowest BCUT2D eigenvalue weighted by Crippen LogP contribution is -2.08. The van der Waals surface area contributed by atoms with Crippen LogP contribution in [-0.4, -0.2) is 26.4 Å². The van der Waals surface area contributed by atoms with Crippen LogP contribution in [0.15, 0.2) is 0 Å². The van der Waals surface area contributed by atoms with Gasteiger partial charge in [-0.2, -0.15) is 0 Å². The van der Waals surface area contributed by atoms with E-state index in [4.69, 9.17) is 9.47 Å². The van der Waals surface area contributed by atoms with Crippen LogP contribution in [0, 0.1) is 12.8 Å². The molecule has 0 heterocycles. The first kappa shape index (κ1) is 13.9. The smallest absolute Gasteiger partial charge is 0.0494 e. The molecule has 0 spiro atoms. The van der Waals surface area contributed by atoms with Gasteiger partial charge in [-0.3, -0.25) is 0 Å². The van der Waals surface area contributed by atoms with Gasteiger partial charge in [0.1, 0.15) is 0 Å². The molecule has 2 heteroatoms. The lowest BCUT2D eigenvalue weighted by molar-refractivity contribution is 0.0848. The molecule has 14 heavy (non-hydrogen) atoms. The average Bonchev–Trinajstić information content (AvgIpc) is 2.22. The number of rotatable bonds is 10. The molecule has 0 atom stereocenters. The summed E-state index contributed by atoms with van der Waals surface area (Å²) in [6.45, 7) is 11.2. The van der Waals surface area contributed by atoms with Crippen LogP contribution in [0.2, 0.25) is 0 Å². The minimum Gasteiger partial charge on any atom is -0.381 e. The van der Waals surface area contributed by atoms with E-state index in [-0.39, 0.29) is 0 Å². The lowest BCUT2D eigenvalue weighted by atomic mass is 10.1. The summed E-state index contributed by atoms with van der Waals surface area (Å²) >= 11 is 0. The first-order chi connectivity index (χ1) is 6.85. The van der Waals surface area contributed by atoms with Crippen molar-refractivity contribution in [3.8, 4) is 0 Å². The van der Waals surface area contributed by atoms with Crippen molar-refractivity contribution in [1.29, 1.82) is 0 Å². The van der Waals surface area contributed by atoms with Gasteiger partial charge in [-0.15, -0.1) is 0 Å². The molecule has 1 radical (unpaired) electrons. The summed E-state index contributed by atoms with van der Waals surface area (Å²) in [5, 5.41) is 0. The molecule has 0 bridgehead atoms. The van der Waals surface area contributed by atoms with E-state index in [0.29, 0.717) is 6.61 Å². The zero-order valence-electron chi connectivity index (χ0n) is 9.76. The molecule has 0 fully saturated rings. The molecule has 0 rings (SSSR count). The third kappa shape index (κ3) is 8.52. The van der Waals surface area contributed by atoms with Crippen LogP contribution in [0.25, 0.3) is 0 Å². The third-order valence-electron chi connectivity index (χ3n) is 2.48. The summed E-state index contributed by atoms with van der Waals surface area (Å²) in [6.07, 6.45) is 4.63. The van der Waals surface area contributed by atoms with Crippen LogP contribution >= 0.6 is 0 Å². The van der Waals surface area contributed by atoms with Crippen molar-refractivity contribution >= 4 is 0 Å². The van der Waals surface area contributed by atoms with Crippen LogP contribution in [0.4, 0.5) is 0 Å². The predicted molar refractivity (Wildman–Crippen MR) is 60.3 cm³/mol. The van der Waals surface area contributed by atoms with E-state index in [1.807, 2.05) is 0 Å². The van der Waals surface area contributed by atoms with Gasteiger partial charge in [-0.25, -0.2) is 0 Å². The van der Waals surface area contributed by atoms with Gasteiger partial charge in [-0.05, 0) is 25.7 Å². The Bertz CT molecular complexity index is 100. The Kier molecular flexibility index (Phi) is 10.9. The van der Waals surface area contributed by atoms with Crippen LogP contribution in [0.3, 0.4) is 0 Å². The zero-order valence-corrected chi connectivity index (χ0v) is 9.76. The van der Waals surface area contributed by atoms with Gasteiger partial charge in [0.2, 0.25) is 0 Å². The van der Waals surface area contributed by atoms with E-state index in [2.05, 4.69) is 20.8 Å². The maximum absolute atomic E-state index is 5.59. The molecule has 0 aromatic rings. The van der Waals surface area contributed by atoms with Gasteiger partial charge in [0.25, 0.3) is 0 Å². The van der Waals surface area contributed by atoms with Gasteiger partial charge < -0.3 is 9.47 Å². The normalized spacial score (nSPS) is 11.1. The van der Waals surface area contributed by atoms with Crippen molar-refractivity contribution in [2.45, 2.75) is 39.5 Å². The van der Waals surface area contributed by atoms with Crippen LogP contribution in [0.1, 0.15) is 39.5 Å². The Balaban J connectivity index is 3.04. The summed E-state index contributed by atoms with van der Waals surface area (Å²) in [6, 6.07) is 0. The molecule has 0 aliphatic rings. The Labute approximate surface area is 89.0 Å². The highest BCUT2D eigenvalue weighted by Gasteiger charge is 2.02. The first-order valence-electron chi connectivity index (χ1n) is 5.79. The fourth-order valence-electron chi connectivity index (χ4n) is 1.28. The molecule has 0 unspecified atom stereocenters. The van der Waals surface area contributed by atoms with Crippen LogP contribution in [0.5, 0.6) is 0 Å². The molecule has 0 aliphatic heterocycles. The van der Waals surface area contributed by atoms with Gasteiger partial charge >= 0.3 is 0 Å². The number of ether oxygens (including phenoxy) is 2. The summed E-state index contributed by atoms with van der Waals surface area (Å²) in [5.41, 5.74) is 0. The standard InChI is InChI=1S/C12H25O2/c1-4-12(5-2)11-14-10-8-7-9-13-6-3/h12H,3-11H2,1-2H3. The Morgan fingerprint density at radius 1 is 1.00 bits per heavy atom. The molecule has 0 saturated carbocycles. The van der Waals surface area contributed by atoms with Gasteiger partial charge in [-0.1, -0.05) is 26.7 Å². The third-order valence-corrected chi connectivity index (χ3v) is 2.48. The Hall–Kier alpha value is -0.0800. The summed E-state index contributed by atoms with van der Waals surface area (Å²) in [7, 11) is 0. The van der Waals surface area contributed by atoms with Crippen molar-refractivity contribution in [3.05, 3.63) is 6.92 Å². The second-order valence-corrected chi connectivity index (χ2v) is 3.58. The average molecular weight is 201 g/mol. The van der Waals surface area contributed by atoms with Gasteiger partial charge in [0.05, 0.1) is 0 Å². The SMILES string of the molecule is [CH2]COCCCCOCC(CC)CC. The fourth-order valence-corrected chi connectivity index (χ4v) is 1.28. The van der Waals surface area contributed by atoms with Crippen molar-refractivity contribution in [1.82, 2.24) is 0 Å². The van der Waals surface area contributed by atoms with E-state index in [1.54, 1.807) is 0 Å². The summed E-state index contributed by atoms with van der Waals surface area (Å²) < 4.78 is 10.7. The molecule has 0 amide bonds. The second-order valence-electron chi connectivity index (χ2n) is 3.58. The van der Waals surface area contributed by atoms with E-state index in [9.17, 15) is 0 Å². The van der Waals surface area contributed by atoms with Crippen LogP contribution in [-0.2, 0) is 9.47 Å². The summed E-state index contributed by atoms with van der Waals surface area (Å²) in [4.78, 5) is 0. The van der Waals surface area contributed by atoms with E-state index in [1.165, 1.54) is 12.8 Å². The maximum Gasteiger partial charge on any atom is 0.0494 e. The van der Waals surface area contributed by atoms with E-state index >= 15 is 0 Å². The molecular weight excluding hydrogens is 176 g/mol. The highest BCUT2D eigenvalue weighted by molar-refractivity contribution is 4.52. The van der Waals surface area contributed by atoms with E-state index < -0.39 is 0 Å². The van der Waals surface area contributed by atoms with Crippen molar-refractivity contribution in [2.75, 3.05) is 26.4 Å². The minimum atomic E-state index is 0.578. The highest BCUT2D eigenvalue weighted by atomic mass is 16.5. The first-order valence-corrected chi connectivity index (χ1v) is 5.79. The summed E-state index contributed by atoms with van der Waals surface area (Å²) in [5.74, 6) is 0.742. The molecule has 0 N–H and O–H groups in total. The lowest BCUT2D eigenvalue weighted by Gasteiger charge is -2.12.